The average molecular weight is 255 g/mol. The van der Waals surface area contributed by atoms with Gasteiger partial charge in [0.05, 0.1) is 6.33 Å². The number of rotatable bonds is 3. The highest BCUT2D eigenvalue weighted by Crippen LogP contribution is 2.32. The summed E-state index contributed by atoms with van der Waals surface area (Å²) in [4.78, 5) is 4.28. The minimum absolute atomic E-state index is 0.619. The Morgan fingerprint density at radius 1 is 1.32 bits per heavy atom. The van der Waals surface area contributed by atoms with Crippen LogP contribution >= 0.6 is 0 Å². The molecule has 3 heteroatoms. The van der Waals surface area contributed by atoms with E-state index in [-0.39, 0.29) is 0 Å². The van der Waals surface area contributed by atoms with Gasteiger partial charge in [-0.05, 0) is 37.4 Å². The second kappa shape index (κ2) is 5.57. The van der Waals surface area contributed by atoms with Crippen molar-refractivity contribution >= 4 is 0 Å². The Bertz CT molecular complexity index is 518. The lowest BCUT2D eigenvalue weighted by Crippen LogP contribution is -2.37. The molecule has 0 bridgehead atoms. The molecule has 1 saturated heterocycles. The summed E-state index contributed by atoms with van der Waals surface area (Å²) >= 11 is 0. The number of aryl methyl sites for hydroxylation is 1. The van der Waals surface area contributed by atoms with Crippen LogP contribution in [0.5, 0.6) is 0 Å². The van der Waals surface area contributed by atoms with E-state index in [2.05, 4.69) is 52.2 Å². The molecule has 19 heavy (non-hydrogen) atoms. The molecule has 0 saturated carbocycles. The van der Waals surface area contributed by atoms with E-state index in [1.807, 2.05) is 12.5 Å². The van der Waals surface area contributed by atoms with Crippen LogP contribution in [-0.4, -0.2) is 22.6 Å². The van der Waals surface area contributed by atoms with E-state index in [4.69, 9.17) is 0 Å². The van der Waals surface area contributed by atoms with Gasteiger partial charge in [-0.1, -0.05) is 30.3 Å². The minimum Gasteiger partial charge on any atom is -0.337 e. The smallest absolute Gasteiger partial charge is 0.0945 e. The summed E-state index contributed by atoms with van der Waals surface area (Å²) in [6.07, 6.45) is 6.30. The highest BCUT2D eigenvalue weighted by atomic mass is 15.0. The number of piperidine rings is 1. The first-order valence-electron chi connectivity index (χ1n) is 7.05. The van der Waals surface area contributed by atoms with Crippen LogP contribution in [0.15, 0.2) is 42.9 Å². The van der Waals surface area contributed by atoms with E-state index in [0.717, 1.165) is 19.5 Å². The molecular weight excluding hydrogens is 234 g/mol. The maximum absolute atomic E-state index is 4.28. The predicted molar refractivity (Wildman–Crippen MR) is 77.1 cm³/mol. The maximum atomic E-state index is 4.28. The highest BCUT2D eigenvalue weighted by Gasteiger charge is 2.28. The molecule has 3 nitrogen and oxygen atoms in total. The van der Waals surface area contributed by atoms with Crippen LogP contribution in [0.3, 0.4) is 0 Å². The van der Waals surface area contributed by atoms with Gasteiger partial charge in [0, 0.05) is 24.9 Å². The summed E-state index contributed by atoms with van der Waals surface area (Å²) < 4.78 is 2.17. The number of hydrogen-bond acceptors (Lipinski definition) is 2. The summed E-state index contributed by atoms with van der Waals surface area (Å²) in [5.74, 6) is 1.28. The number of nitrogens with zero attached hydrogens (tertiary/aromatic N) is 2. The van der Waals surface area contributed by atoms with E-state index in [9.17, 15) is 0 Å². The molecule has 1 fully saturated rings. The molecule has 0 aliphatic carbocycles. The lowest BCUT2D eigenvalue weighted by molar-refractivity contribution is 0.315. The normalized spacial score (nSPS) is 23.4. The molecular formula is C16H21N3. The topological polar surface area (TPSA) is 29.9 Å². The molecule has 0 spiro atoms. The third-order valence-corrected chi connectivity index (χ3v) is 4.18. The first kappa shape index (κ1) is 12.4. The molecule has 1 aromatic heterocycles. The number of imidazole rings is 1. The average Bonchev–Trinajstić information content (AvgIpc) is 2.87. The largest absolute Gasteiger partial charge is 0.337 e. The fourth-order valence-corrected chi connectivity index (χ4v) is 3.17. The standard InChI is InChI=1S/C16H21N3/c1-19-12-18-11-16(19)15-7-8-17-10-14(15)9-13-5-3-2-4-6-13/h2-6,11-12,14-15,17H,7-10H2,1H3. The molecule has 2 aromatic rings. The van der Waals surface area contributed by atoms with Crippen LogP contribution < -0.4 is 5.32 Å². The fraction of sp³-hybridized carbons (Fsp3) is 0.438. The third kappa shape index (κ3) is 2.71. The van der Waals surface area contributed by atoms with E-state index in [1.165, 1.54) is 17.7 Å². The number of benzene rings is 1. The molecule has 1 aliphatic heterocycles. The van der Waals surface area contributed by atoms with Crippen LogP contribution in [0.2, 0.25) is 0 Å². The molecule has 0 radical (unpaired) electrons. The van der Waals surface area contributed by atoms with Gasteiger partial charge in [0.15, 0.2) is 0 Å². The van der Waals surface area contributed by atoms with Crippen molar-refractivity contribution in [3.8, 4) is 0 Å². The van der Waals surface area contributed by atoms with Gasteiger partial charge in [-0.15, -0.1) is 0 Å². The molecule has 2 atom stereocenters. The van der Waals surface area contributed by atoms with Gasteiger partial charge in [-0.3, -0.25) is 0 Å². The Hall–Kier alpha value is -1.61. The van der Waals surface area contributed by atoms with Crippen molar-refractivity contribution in [3.05, 3.63) is 54.1 Å². The number of nitrogens with one attached hydrogen (secondary N) is 1. The maximum Gasteiger partial charge on any atom is 0.0945 e. The van der Waals surface area contributed by atoms with Gasteiger partial charge in [0.2, 0.25) is 0 Å². The lowest BCUT2D eigenvalue weighted by Gasteiger charge is -2.32. The van der Waals surface area contributed by atoms with Crippen molar-refractivity contribution in [2.24, 2.45) is 13.0 Å². The Morgan fingerprint density at radius 3 is 2.89 bits per heavy atom. The van der Waals surface area contributed by atoms with Crippen molar-refractivity contribution in [3.63, 3.8) is 0 Å². The Balaban J connectivity index is 1.80. The lowest BCUT2D eigenvalue weighted by atomic mass is 9.80. The van der Waals surface area contributed by atoms with Crippen LogP contribution in [0, 0.1) is 5.92 Å². The van der Waals surface area contributed by atoms with Crippen molar-refractivity contribution in [1.82, 2.24) is 14.9 Å². The van der Waals surface area contributed by atoms with Crippen LogP contribution in [0.1, 0.15) is 23.6 Å². The molecule has 2 unspecified atom stereocenters. The monoisotopic (exact) mass is 255 g/mol. The third-order valence-electron chi connectivity index (χ3n) is 4.18. The second-order valence-corrected chi connectivity index (χ2v) is 5.48. The molecule has 100 valence electrons. The van der Waals surface area contributed by atoms with E-state index in [0.29, 0.717) is 11.8 Å². The summed E-state index contributed by atoms with van der Waals surface area (Å²) in [6, 6.07) is 10.8. The van der Waals surface area contributed by atoms with Crippen LogP contribution in [0.4, 0.5) is 0 Å². The molecule has 3 rings (SSSR count). The molecule has 0 amide bonds. The van der Waals surface area contributed by atoms with Crippen molar-refractivity contribution in [2.75, 3.05) is 13.1 Å². The van der Waals surface area contributed by atoms with Gasteiger partial charge in [0.1, 0.15) is 0 Å². The second-order valence-electron chi connectivity index (χ2n) is 5.48. The summed E-state index contributed by atoms with van der Waals surface area (Å²) in [6.45, 7) is 2.21. The highest BCUT2D eigenvalue weighted by molar-refractivity contribution is 5.18. The quantitative estimate of drug-likeness (QED) is 0.912. The predicted octanol–water partition coefficient (Wildman–Crippen LogP) is 2.36. The molecule has 2 heterocycles. The van der Waals surface area contributed by atoms with Crippen molar-refractivity contribution in [2.45, 2.75) is 18.8 Å². The minimum atomic E-state index is 0.619. The van der Waals surface area contributed by atoms with E-state index in [1.54, 1.807) is 0 Å². The summed E-state index contributed by atoms with van der Waals surface area (Å²) in [5.41, 5.74) is 2.81. The van der Waals surface area contributed by atoms with E-state index < -0.39 is 0 Å². The zero-order valence-electron chi connectivity index (χ0n) is 11.4. The number of aromatic nitrogens is 2. The van der Waals surface area contributed by atoms with Gasteiger partial charge >= 0.3 is 0 Å². The Kier molecular flexibility index (Phi) is 3.65. The van der Waals surface area contributed by atoms with Gasteiger partial charge in [-0.2, -0.15) is 0 Å². The van der Waals surface area contributed by atoms with Crippen molar-refractivity contribution in [1.29, 1.82) is 0 Å². The molecule has 1 N–H and O–H groups in total. The van der Waals surface area contributed by atoms with Crippen molar-refractivity contribution < 1.29 is 0 Å². The fourth-order valence-electron chi connectivity index (χ4n) is 3.17. The number of hydrogen-bond donors (Lipinski definition) is 1. The SMILES string of the molecule is Cn1cncc1C1CCNCC1Cc1ccccc1. The molecule has 1 aliphatic rings. The zero-order valence-corrected chi connectivity index (χ0v) is 11.4. The van der Waals surface area contributed by atoms with E-state index >= 15 is 0 Å². The Morgan fingerprint density at radius 2 is 2.16 bits per heavy atom. The van der Waals surface area contributed by atoms with Gasteiger partial charge in [0.25, 0.3) is 0 Å². The summed E-state index contributed by atoms with van der Waals surface area (Å²) in [7, 11) is 2.10. The van der Waals surface area contributed by atoms with Gasteiger partial charge < -0.3 is 9.88 Å². The van der Waals surface area contributed by atoms with Gasteiger partial charge in [-0.25, -0.2) is 4.98 Å². The Labute approximate surface area is 114 Å². The van der Waals surface area contributed by atoms with Crippen LogP contribution in [0.25, 0.3) is 0 Å². The van der Waals surface area contributed by atoms with Crippen LogP contribution in [-0.2, 0) is 13.5 Å². The first-order chi connectivity index (χ1) is 9.34. The first-order valence-corrected chi connectivity index (χ1v) is 7.05. The summed E-state index contributed by atoms with van der Waals surface area (Å²) in [5, 5.41) is 3.54. The zero-order chi connectivity index (χ0) is 13.1. The molecule has 1 aromatic carbocycles.